The molecule has 0 amide bonds. The minimum absolute atomic E-state index is 0. The number of nitrogens with two attached hydrogens (primary N) is 2. The minimum atomic E-state index is -0.363. The summed E-state index contributed by atoms with van der Waals surface area (Å²) in [4.78, 5) is 0. The third kappa shape index (κ3) is 7.56. The molecule has 0 aliphatic heterocycles. The van der Waals surface area contributed by atoms with E-state index in [9.17, 15) is 5.11 Å². The Hall–Kier alpha value is 1.35. The van der Waals surface area contributed by atoms with Gasteiger partial charge in [0.2, 0.25) is 0 Å². The fraction of sp³-hybridized carbons (Fsp3) is 0.400. The van der Waals surface area contributed by atoms with Crippen molar-refractivity contribution in [2.24, 2.45) is 11.5 Å². The zero-order chi connectivity index (χ0) is 15.0. The van der Waals surface area contributed by atoms with Crippen LogP contribution in [0.5, 0.6) is 5.75 Å². The zero-order valence-electron chi connectivity index (χ0n) is 9.82. The Kier molecular flexibility index (Phi) is 15.2. The monoisotopic (exact) mass is 391 g/mol. The van der Waals surface area contributed by atoms with Crippen molar-refractivity contribution in [3.05, 3.63) is 25.1 Å². The second kappa shape index (κ2) is 12.9. The maximum absolute atomic E-state index is 9.20. The first kappa shape index (κ1) is 23.6. The van der Waals surface area contributed by atoms with Gasteiger partial charge in [-0.05, 0) is 0 Å². The first-order valence-corrected chi connectivity index (χ1v) is 7.08. The molecular weight excluding hydrogens is 378 g/mol. The molecule has 0 unspecified atom stereocenters. The first-order valence-electron chi connectivity index (χ1n) is 5.19. The fourth-order valence-electron chi connectivity index (χ4n) is 0.922. The van der Waals surface area contributed by atoms with Gasteiger partial charge >= 0.3 is 29.6 Å². The molecule has 4 nitrogen and oxygen atoms in total. The summed E-state index contributed by atoms with van der Waals surface area (Å²) in [6.45, 7) is 3.13. The van der Waals surface area contributed by atoms with Gasteiger partial charge in [0.15, 0.2) is 5.75 Å². The van der Waals surface area contributed by atoms with Crippen LogP contribution in [0.3, 0.4) is 0 Å². The summed E-state index contributed by atoms with van der Waals surface area (Å²) >= 11 is 27.9. The van der Waals surface area contributed by atoms with Gasteiger partial charge in [-0.15, -0.1) is 0 Å². The summed E-state index contributed by atoms with van der Waals surface area (Å²) in [7, 11) is 0. The number of phenolic OH excluding ortho intramolecular Hbond substituents is 1. The number of hydrogen-bond acceptors (Lipinski definition) is 4. The van der Waals surface area contributed by atoms with Crippen LogP contribution < -0.4 is 16.8 Å². The van der Waals surface area contributed by atoms with Crippen LogP contribution in [0.25, 0.3) is 0 Å². The molecule has 6 N–H and O–H groups in total. The molecule has 20 heavy (non-hydrogen) atoms. The van der Waals surface area contributed by atoms with E-state index in [0.29, 0.717) is 13.1 Å². The second-order valence-electron chi connectivity index (χ2n) is 3.25. The second-order valence-corrected chi connectivity index (χ2v) is 5.14. The SMILES string of the molecule is NCCNCCN.Oc1c(Cl)c(Cl)c(Cl)c(Cl)c1Cl.[NaH]. The Morgan fingerprint density at radius 1 is 0.750 bits per heavy atom. The molecule has 0 fully saturated rings. The van der Waals surface area contributed by atoms with E-state index in [1.54, 1.807) is 0 Å². The van der Waals surface area contributed by atoms with Crippen molar-refractivity contribution < 1.29 is 5.11 Å². The van der Waals surface area contributed by atoms with E-state index >= 15 is 0 Å². The number of nitrogens with one attached hydrogen (secondary N) is 1. The van der Waals surface area contributed by atoms with E-state index in [4.69, 9.17) is 69.5 Å². The number of halogens is 5. The number of rotatable bonds is 4. The summed E-state index contributed by atoms with van der Waals surface area (Å²) in [5, 5.41) is 12.0. The van der Waals surface area contributed by atoms with E-state index < -0.39 is 0 Å². The van der Waals surface area contributed by atoms with Crippen LogP contribution >= 0.6 is 58.0 Å². The molecule has 0 bridgehead atoms. The van der Waals surface area contributed by atoms with Crippen molar-refractivity contribution in [3.63, 3.8) is 0 Å². The molecule has 1 aromatic rings. The van der Waals surface area contributed by atoms with Gasteiger partial charge in [0, 0.05) is 26.2 Å². The van der Waals surface area contributed by atoms with Crippen LogP contribution in [-0.4, -0.2) is 60.8 Å². The molecule has 0 atom stereocenters. The Morgan fingerprint density at radius 3 is 1.35 bits per heavy atom. The number of aromatic hydroxyl groups is 1. The van der Waals surface area contributed by atoms with Crippen molar-refractivity contribution >= 4 is 87.6 Å². The van der Waals surface area contributed by atoms with Gasteiger partial charge in [-0.1, -0.05) is 58.0 Å². The van der Waals surface area contributed by atoms with Gasteiger partial charge in [0.05, 0.1) is 15.1 Å². The zero-order valence-corrected chi connectivity index (χ0v) is 13.6. The fourth-order valence-corrected chi connectivity index (χ4v) is 2.05. The molecule has 1 aromatic carbocycles. The van der Waals surface area contributed by atoms with Crippen molar-refractivity contribution in [3.8, 4) is 5.75 Å². The summed E-state index contributed by atoms with van der Waals surface area (Å²) in [5.41, 5.74) is 10.3. The van der Waals surface area contributed by atoms with Crippen LogP contribution in [0.4, 0.5) is 0 Å². The molecule has 112 valence electrons. The summed E-state index contributed by atoms with van der Waals surface area (Å²) in [6.07, 6.45) is 0. The summed E-state index contributed by atoms with van der Waals surface area (Å²) < 4.78 is 0. The molecule has 0 saturated carbocycles. The molecular formula is C10H15Cl5N3NaO. The molecule has 0 radical (unpaired) electrons. The topological polar surface area (TPSA) is 84.3 Å². The van der Waals surface area contributed by atoms with Gasteiger partial charge in [-0.2, -0.15) is 0 Å². The average Bonchev–Trinajstić information content (AvgIpc) is 2.42. The van der Waals surface area contributed by atoms with Gasteiger partial charge in [0.1, 0.15) is 10.0 Å². The van der Waals surface area contributed by atoms with E-state index in [0.717, 1.165) is 13.1 Å². The number of phenols is 1. The van der Waals surface area contributed by atoms with Gasteiger partial charge in [0.25, 0.3) is 0 Å². The molecule has 0 aliphatic carbocycles. The van der Waals surface area contributed by atoms with Crippen LogP contribution in [0, 0.1) is 0 Å². The maximum atomic E-state index is 9.20. The molecule has 0 aliphatic rings. The summed E-state index contributed by atoms with van der Waals surface area (Å²) in [6, 6.07) is 0. The normalized spacial score (nSPS) is 9.55. The Morgan fingerprint density at radius 2 is 1.05 bits per heavy atom. The van der Waals surface area contributed by atoms with Crippen LogP contribution in [-0.2, 0) is 0 Å². The third-order valence-electron chi connectivity index (χ3n) is 1.83. The van der Waals surface area contributed by atoms with Crippen molar-refractivity contribution in [1.82, 2.24) is 5.32 Å². The molecule has 1 rings (SSSR count). The molecule has 0 heterocycles. The molecule has 10 heteroatoms. The van der Waals surface area contributed by atoms with Gasteiger partial charge in [-0.3, -0.25) is 0 Å². The molecule has 0 saturated heterocycles. The predicted octanol–water partition coefficient (Wildman–Crippen LogP) is 2.50. The predicted molar refractivity (Wildman–Crippen MR) is 91.3 cm³/mol. The standard InChI is InChI=1S/C6HCl5O.C4H13N3.Na.H/c7-1-2(8)4(10)6(12)5(11)3(1)9;5-1-3-7-4-2-6;;/h12H;7H,1-6H2;;. The number of hydrogen-bond donors (Lipinski definition) is 4. The average molecular weight is 394 g/mol. The third-order valence-corrected chi connectivity index (χ3v) is 4.09. The van der Waals surface area contributed by atoms with E-state index in [2.05, 4.69) is 5.32 Å². The Balaban J connectivity index is 0. The first-order chi connectivity index (χ1) is 8.88. The number of benzene rings is 1. The quantitative estimate of drug-likeness (QED) is 0.274. The van der Waals surface area contributed by atoms with Crippen molar-refractivity contribution in [2.45, 2.75) is 0 Å². The van der Waals surface area contributed by atoms with E-state index in [1.807, 2.05) is 0 Å². The van der Waals surface area contributed by atoms with Crippen molar-refractivity contribution in [2.75, 3.05) is 26.2 Å². The Labute approximate surface area is 165 Å². The molecule has 0 spiro atoms. The van der Waals surface area contributed by atoms with E-state index in [-0.39, 0.29) is 60.4 Å². The van der Waals surface area contributed by atoms with Gasteiger partial charge in [-0.25, -0.2) is 0 Å². The van der Waals surface area contributed by atoms with E-state index in [1.165, 1.54) is 0 Å². The van der Waals surface area contributed by atoms with Crippen LogP contribution in [0.15, 0.2) is 0 Å². The van der Waals surface area contributed by atoms with Gasteiger partial charge < -0.3 is 21.9 Å². The van der Waals surface area contributed by atoms with Crippen LogP contribution in [0.1, 0.15) is 0 Å². The molecule has 0 aromatic heterocycles. The van der Waals surface area contributed by atoms with Crippen LogP contribution in [0.2, 0.25) is 25.1 Å². The Bertz CT molecular complexity index is 313. The summed E-state index contributed by atoms with van der Waals surface area (Å²) in [5.74, 6) is -0.363. The van der Waals surface area contributed by atoms with Crippen molar-refractivity contribution in [1.29, 1.82) is 0 Å².